The van der Waals surface area contributed by atoms with E-state index >= 15 is 0 Å². The molecule has 1 saturated carbocycles. The summed E-state index contributed by atoms with van der Waals surface area (Å²) < 4.78 is 64.7. The lowest BCUT2D eigenvalue weighted by Crippen LogP contribution is -2.57. The van der Waals surface area contributed by atoms with Crippen LogP contribution in [0, 0.1) is 0 Å². The van der Waals surface area contributed by atoms with Crippen LogP contribution in [0.5, 0.6) is 0 Å². The topological polar surface area (TPSA) is 86.7 Å². The molecule has 0 aromatic rings. The third-order valence-corrected chi connectivity index (χ3v) is 5.37. The van der Waals surface area contributed by atoms with Crippen molar-refractivity contribution >= 4 is 16.2 Å². The first-order valence-corrected chi connectivity index (χ1v) is 7.63. The summed E-state index contributed by atoms with van der Waals surface area (Å²) >= 11 is 0. The molecule has 2 fully saturated rings. The lowest BCUT2D eigenvalue weighted by atomic mass is 10.1. The molecule has 1 atom stereocenters. The predicted octanol–water partition coefficient (Wildman–Crippen LogP) is 0.855. The average Bonchev–Trinajstić information content (AvgIpc) is 3.08. The van der Waals surface area contributed by atoms with Crippen LogP contribution in [0.25, 0.3) is 0 Å². The van der Waals surface area contributed by atoms with Gasteiger partial charge >= 0.3 is 12.1 Å². The maximum Gasteiger partial charge on any atom is 0.407 e. The predicted molar refractivity (Wildman–Crippen MR) is 62.1 cm³/mol. The summed E-state index contributed by atoms with van der Waals surface area (Å²) in [5.74, 6) is -1.34. The minimum atomic E-state index is -4.67. The average molecular weight is 316 g/mol. The normalized spacial score (nSPS) is 27.2. The van der Waals surface area contributed by atoms with Crippen LogP contribution >= 0.6 is 0 Å². The van der Waals surface area contributed by atoms with Gasteiger partial charge in [0.1, 0.15) is 11.6 Å². The van der Waals surface area contributed by atoms with Crippen molar-refractivity contribution in [2.45, 2.75) is 49.9 Å². The zero-order valence-corrected chi connectivity index (χ0v) is 11.3. The van der Waals surface area contributed by atoms with Crippen LogP contribution in [0.15, 0.2) is 0 Å². The molecule has 1 unspecified atom stereocenters. The van der Waals surface area contributed by atoms with Gasteiger partial charge in [-0.15, -0.1) is 0 Å². The van der Waals surface area contributed by atoms with Crippen molar-refractivity contribution in [1.82, 2.24) is 9.03 Å². The van der Waals surface area contributed by atoms with Gasteiger partial charge in [-0.3, -0.25) is 4.79 Å². The molecule has 2 aliphatic rings. The number of nitrogens with one attached hydrogen (secondary N) is 1. The van der Waals surface area contributed by atoms with E-state index in [4.69, 9.17) is 5.11 Å². The minimum absolute atomic E-state index is 0.0831. The number of piperidine rings is 1. The second-order valence-electron chi connectivity index (χ2n) is 5.15. The Morgan fingerprint density at radius 2 is 1.90 bits per heavy atom. The first-order chi connectivity index (χ1) is 9.09. The zero-order valence-electron chi connectivity index (χ0n) is 10.5. The standard InChI is InChI=1S/C10H15F3N2O4S/c11-10(12,13)9(4-5-9)14-20(18,19)15-6-2-1-3-7(15)8(16)17/h7,14H,1-6H2,(H,16,17). The Hall–Kier alpha value is -0.870. The van der Waals surface area contributed by atoms with E-state index in [2.05, 4.69) is 0 Å². The van der Waals surface area contributed by atoms with E-state index in [-0.39, 0.29) is 25.8 Å². The molecular weight excluding hydrogens is 301 g/mol. The second-order valence-corrected chi connectivity index (χ2v) is 6.77. The van der Waals surface area contributed by atoms with Gasteiger partial charge in [0.2, 0.25) is 0 Å². The van der Waals surface area contributed by atoms with Crippen molar-refractivity contribution in [2.24, 2.45) is 0 Å². The van der Waals surface area contributed by atoms with Crippen LogP contribution in [0.1, 0.15) is 32.1 Å². The fourth-order valence-electron chi connectivity index (χ4n) is 2.31. The summed E-state index contributed by atoms with van der Waals surface area (Å²) in [4.78, 5) is 11.0. The first kappa shape index (κ1) is 15.5. The van der Waals surface area contributed by atoms with Crippen molar-refractivity contribution in [2.75, 3.05) is 6.54 Å². The van der Waals surface area contributed by atoms with Gasteiger partial charge in [0.25, 0.3) is 10.2 Å². The third kappa shape index (κ3) is 2.77. The summed E-state index contributed by atoms with van der Waals surface area (Å²) in [6, 6.07) is -1.30. The van der Waals surface area contributed by atoms with Crippen LogP contribution in [-0.4, -0.2) is 48.1 Å². The monoisotopic (exact) mass is 316 g/mol. The number of halogens is 3. The number of hydrogen-bond acceptors (Lipinski definition) is 3. The number of carboxylic acids is 1. The Balaban J connectivity index is 2.20. The van der Waals surface area contributed by atoms with Gasteiger partial charge in [-0.05, 0) is 32.1 Å². The molecule has 0 amide bonds. The number of aliphatic carboxylic acids is 1. The minimum Gasteiger partial charge on any atom is -0.480 e. The van der Waals surface area contributed by atoms with Crippen LogP contribution in [0.4, 0.5) is 13.2 Å². The highest BCUT2D eigenvalue weighted by Crippen LogP contribution is 2.49. The number of carboxylic acid groups (broad SMARTS) is 1. The van der Waals surface area contributed by atoms with Crippen molar-refractivity contribution in [3.05, 3.63) is 0 Å². The highest BCUT2D eigenvalue weighted by molar-refractivity contribution is 7.87. The first-order valence-electron chi connectivity index (χ1n) is 6.19. The summed E-state index contributed by atoms with van der Waals surface area (Å²) in [7, 11) is -4.47. The summed E-state index contributed by atoms with van der Waals surface area (Å²) in [5.41, 5.74) is -2.42. The number of rotatable bonds is 4. The molecule has 0 bridgehead atoms. The van der Waals surface area contributed by atoms with Crippen molar-refractivity contribution < 1.29 is 31.5 Å². The smallest absolute Gasteiger partial charge is 0.407 e. The fourth-order valence-corrected chi connectivity index (χ4v) is 4.14. The summed E-state index contributed by atoms with van der Waals surface area (Å²) in [6.45, 7) is -0.0831. The molecule has 6 nitrogen and oxygen atoms in total. The van der Waals surface area contributed by atoms with Crippen LogP contribution in [0.2, 0.25) is 0 Å². The van der Waals surface area contributed by atoms with Gasteiger partial charge < -0.3 is 5.11 Å². The zero-order chi connectivity index (χ0) is 15.2. The van der Waals surface area contributed by atoms with E-state index in [1.165, 1.54) is 0 Å². The molecule has 116 valence electrons. The van der Waals surface area contributed by atoms with Gasteiger partial charge in [0.05, 0.1) is 0 Å². The Bertz CT molecular complexity index is 501. The largest absolute Gasteiger partial charge is 0.480 e. The van der Waals surface area contributed by atoms with Gasteiger partial charge in [-0.1, -0.05) is 0 Å². The molecule has 1 aliphatic heterocycles. The van der Waals surface area contributed by atoms with Gasteiger partial charge in [0.15, 0.2) is 0 Å². The summed E-state index contributed by atoms with van der Waals surface area (Å²) in [6.07, 6.45) is -4.23. The maximum atomic E-state index is 12.8. The number of alkyl halides is 3. The Morgan fingerprint density at radius 1 is 1.30 bits per heavy atom. The third-order valence-electron chi connectivity index (χ3n) is 3.66. The Morgan fingerprint density at radius 3 is 2.35 bits per heavy atom. The lowest BCUT2D eigenvalue weighted by molar-refractivity contribution is -0.161. The molecule has 1 saturated heterocycles. The van der Waals surface area contributed by atoms with Gasteiger partial charge in [0, 0.05) is 6.54 Å². The summed E-state index contributed by atoms with van der Waals surface area (Å²) in [5, 5.41) is 8.99. The molecule has 1 aliphatic carbocycles. The van der Waals surface area contributed by atoms with E-state index in [0.717, 1.165) is 0 Å². The quantitative estimate of drug-likeness (QED) is 0.805. The molecule has 0 aromatic carbocycles. The van der Waals surface area contributed by atoms with E-state index in [9.17, 15) is 26.4 Å². The molecule has 1 heterocycles. The molecule has 2 rings (SSSR count). The lowest BCUT2D eigenvalue weighted by Gasteiger charge is -2.33. The van der Waals surface area contributed by atoms with E-state index < -0.39 is 33.9 Å². The molecule has 0 spiro atoms. The van der Waals surface area contributed by atoms with Gasteiger partial charge in [-0.2, -0.15) is 30.6 Å². The van der Waals surface area contributed by atoms with Crippen molar-refractivity contribution in [1.29, 1.82) is 0 Å². The van der Waals surface area contributed by atoms with E-state index in [1.807, 2.05) is 0 Å². The number of carbonyl (C=O) groups is 1. The van der Waals surface area contributed by atoms with Gasteiger partial charge in [-0.25, -0.2) is 0 Å². The highest BCUT2D eigenvalue weighted by Gasteiger charge is 2.65. The second kappa shape index (κ2) is 4.85. The Kier molecular flexibility index (Phi) is 3.76. The van der Waals surface area contributed by atoms with E-state index in [0.29, 0.717) is 17.1 Å². The maximum absolute atomic E-state index is 12.8. The van der Waals surface area contributed by atoms with E-state index in [1.54, 1.807) is 4.72 Å². The fraction of sp³-hybridized carbons (Fsp3) is 0.900. The van der Waals surface area contributed by atoms with Crippen LogP contribution in [0.3, 0.4) is 0 Å². The Labute approximate surface area is 114 Å². The molecular formula is C10H15F3N2O4S. The molecule has 10 heteroatoms. The van der Waals surface area contributed by atoms with Crippen LogP contribution in [-0.2, 0) is 15.0 Å². The highest BCUT2D eigenvalue weighted by atomic mass is 32.2. The molecule has 20 heavy (non-hydrogen) atoms. The van der Waals surface area contributed by atoms with Crippen molar-refractivity contribution in [3.8, 4) is 0 Å². The molecule has 0 aromatic heterocycles. The van der Waals surface area contributed by atoms with Crippen molar-refractivity contribution in [3.63, 3.8) is 0 Å². The molecule has 0 radical (unpaired) electrons. The number of nitrogens with zero attached hydrogens (tertiary/aromatic N) is 1. The number of hydrogen-bond donors (Lipinski definition) is 2. The van der Waals surface area contributed by atoms with Crippen LogP contribution < -0.4 is 4.72 Å². The SMILES string of the molecule is O=C(O)C1CCCCN1S(=O)(=O)NC1(C(F)(F)F)CC1. The molecule has 2 N–H and O–H groups in total.